The van der Waals surface area contributed by atoms with E-state index in [0.29, 0.717) is 11.5 Å². The highest BCUT2D eigenvalue weighted by Gasteiger charge is 2.15. The van der Waals surface area contributed by atoms with Gasteiger partial charge in [-0.05, 0) is 65.8 Å². The van der Waals surface area contributed by atoms with Crippen LogP contribution in [0.1, 0.15) is 72.4 Å². The second-order valence-electron chi connectivity index (χ2n) is 7.95. The second-order valence-corrected chi connectivity index (χ2v) is 7.95. The molecule has 0 aromatic heterocycles. The first kappa shape index (κ1) is 21.0. The summed E-state index contributed by atoms with van der Waals surface area (Å²) in [5.74, 6) is 0.417. The molecule has 0 bridgehead atoms. The molecule has 3 rings (SSSR count). The summed E-state index contributed by atoms with van der Waals surface area (Å²) in [6, 6.07) is 25.3. The van der Waals surface area contributed by atoms with Crippen LogP contribution in [0.3, 0.4) is 0 Å². The quantitative estimate of drug-likeness (QED) is 0.376. The van der Waals surface area contributed by atoms with Crippen molar-refractivity contribution in [2.45, 2.75) is 58.3 Å². The summed E-state index contributed by atoms with van der Waals surface area (Å²) in [6.45, 7) is 4.53. The summed E-state index contributed by atoms with van der Waals surface area (Å²) in [4.78, 5) is 11.6. The molecule has 0 saturated carbocycles. The fraction of sp³-hybridized carbons (Fsp3) is 0.321. The predicted octanol–water partition coefficient (Wildman–Crippen LogP) is 6.81. The lowest BCUT2D eigenvalue weighted by atomic mass is 9.86. The van der Waals surface area contributed by atoms with Gasteiger partial charge in [0.1, 0.15) is 0 Å². The Balaban J connectivity index is 1.72. The minimum absolute atomic E-state index is 0.417. The van der Waals surface area contributed by atoms with Crippen LogP contribution in [0, 0.1) is 0 Å². The Morgan fingerprint density at radius 3 is 2.21 bits per heavy atom. The molecule has 149 valence electrons. The van der Waals surface area contributed by atoms with Gasteiger partial charge in [0.2, 0.25) is 6.29 Å². The second kappa shape index (κ2) is 10.8. The van der Waals surface area contributed by atoms with Crippen LogP contribution in [0.25, 0.3) is 0 Å². The lowest BCUT2D eigenvalue weighted by molar-refractivity contribution is 0.562. The summed E-state index contributed by atoms with van der Waals surface area (Å²) in [5, 5.41) is 0. The van der Waals surface area contributed by atoms with Gasteiger partial charge in [-0.1, -0.05) is 93.1 Å². The van der Waals surface area contributed by atoms with Crippen LogP contribution in [0.2, 0.25) is 0 Å². The molecule has 0 spiro atoms. The van der Waals surface area contributed by atoms with E-state index < -0.39 is 0 Å². The highest BCUT2D eigenvalue weighted by molar-refractivity contribution is 5.78. The lowest BCUT2D eigenvalue weighted by Crippen LogP contribution is -2.05. The summed E-state index contributed by atoms with van der Waals surface area (Å²) in [7, 11) is 0. The molecule has 29 heavy (non-hydrogen) atoms. The number of rotatable bonds is 10. The van der Waals surface area contributed by atoms with E-state index in [0.717, 1.165) is 37.7 Å². The Morgan fingerprint density at radius 1 is 0.828 bits per heavy atom. The van der Waals surface area contributed by atoms with Crippen molar-refractivity contribution in [3.8, 4) is 0 Å². The van der Waals surface area contributed by atoms with Gasteiger partial charge < -0.3 is 0 Å². The molecule has 3 aromatic rings. The molecule has 1 atom stereocenters. The normalized spacial score (nSPS) is 11.9. The minimum atomic E-state index is 0.417. The molecule has 1 unspecified atom stereocenters. The van der Waals surface area contributed by atoms with E-state index >= 15 is 0 Å². The van der Waals surface area contributed by atoms with Gasteiger partial charge in [-0.2, -0.15) is 0 Å². The van der Waals surface area contributed by atoms with Crippen molar-refractivity contribution in [3.63, 3.8) is 0 Å². The predicted molar refractivity (Wildman–Crippen MR) is 122 cm³/mol. The van der Waals surface area contributed by atoms with Crippen LogP contribution < -0.4 is 0 Å². The molecule has 1 radical (unpaired) electrons. The van der Waals surface area contributed by atoms with E-state index in [1.807, 2.05) is 18.2 Å². The van der Waals surface area contributed by atoms with Crippen molar-refractivity contribution >= 4 is 6.29 Å². The van der Waals surface area contributed by atoms with Crippen LogP contribution in [-0.4, -0.2) is 6.29 Å². The molecule has 0 fully saturated rings. The van der Waals surface area contributed by atoms with Gasteiger partial charge in [0.15, 0.2) is 0 Å². The number of aryl methyl sites for hydroxylation is 2. The van der Waals surface area contributed by atoms with Gasteiger partial charge >= 0.3 is 0 Å². The largest absolute Gasteiger partial charge is 0.285 e. The van der Waals surface area contributed by atoms with E-state index in [4.69, 9.17) is 0 Å². The van der Waals surface area contributed by atoms with E-state index in [1.54, 1.807) is 0 Å². The first-order valence-corrected chi connectivity index (χ1v) is 10.8. The molecule has 0 amide bonds. The monoisotopic (exact) mass is 383 g/mol. The highest BCUT2D eigenvalue weighted by atomic mass is 16.1. The fourth-order valence-corrected chi connectivity index (χ4v) is 4.23. The SMILES string of the molecule is CCCc1ccccc1CCCC(C)c1cccc([C]=O)c1Cc1ccccc1. The molecule has 0 aliphatic rings. The van der Waals surface area contributed by atoms with Gasteiger partial charge in [-0.15, -0.1) is 0 Å². The van der Waals surface area contributed by atoms with Crippen LogP contribution in [0.4, 0.5) is 0 Å². The van der Waals surface area contributed by atoms with Gasteiger partial charge in [-0.3, -0.25) is 4.79 Å². The summed E-state index contributed by atoms with van der Waals surface area (Å²) in [5.41, 5.74) is 7.33. The van der Waals surface area contributed by atoms with Crippen LogP contribution >= 0.6 is 0 Å². The van der Waals surface area contributed by atoms with Crippen molar-refractivity contribution in [2.24, 2.45) is 0 Å². The van der Waals surface area contributed by atoms with Crippen molar-refractivity contribution < 1.29 is 4.79 Å². The summed E-state index contributed by atoms with van der Waals surface area (Å²) < 4.78 is 0. The molecular formula is C28H31O. The van der Waals surface area contributed by atoms with Gasteiger partial charge in [0.25, 0.3) is 0 Å². The Hall–Kier alpha value is -2.67. The molecule has 0 saturated heterocycles. The standard InChI is InChI=1S/C28H31O/c1-3-11-24-15-7-8-16-25(24)17-9-12-22(2)27-19-10-18-26(21-29)28(27)20-23-13-5-4-6-14-23/h4-8,10,13-16,18-19,22H,3,9,11-12,17,20H2,1-2H3. The van der Waals surface area contributed by atoms with Crippen molar-refractivity contribution in [2.75, 3.05) is 0 Å². The average Bonchev–Trinajstić information content (AvgIpc) is 2.76. The minimum Gasteiger partial charge on any atom is -0.285 e. The molecule has 1 heteroatoms. The topological polar surface area (TPSA) is 17.1 Å². The Kier molecular flexibility index (Phi) is 7.81. The highest BCUT2D eigenvalue weighted by Crippen LogP contribution is 2.29. The fourth-order valence-electron chi connectivity index (χ4n) is 4.23. The smallest absolute Gasteiger partial charge is 0.233 e. The molecule has 1 nitrogen and oxygen atoms in total. The Labute approximate surface area is 175 Å². The first-order chi connectivity index (χ1) is 14.2. The maximum Gasteiger partial charge on any atom is 0.233 e. The van der Waals surface area contributed by atoms with Crippen molar-refractivity contribution in [3.05, 3.63) is 106 Å². The first-order valence-electron chi connectivity index (χ1n) is 10.8. The van der Waals surface area contributed by atoms with Crippen molar-refractivity contribution in [1.29, 1.82) is 0 Å². The van der Waals surface area contributed by atoms with E-state index in [-0.39, 0.29) is 0 Å². The Bertz CT molecular complexity index is 911. The molecule has 0 heterocycles. The third kappa shape index (κ3) is 5.67. The number of benzene rings is 3. The van der Waals surface area contributed by atoms with E-state index in [9.17, 15) is 4.79 Å². The summed E-state index contributed by atoms with van der Waals surface area (Å²) in [6.07, 6.45) is 8.68. The van der Waals surface area contributed by atoms with Crippen molar-refractivity contribution in [1.82, 2.24) is 0 Å². The molecule has 3 aromatic carbocycles. The van der Waals surface area contributed by atoms with Gasteiger partial charge in [0, 0.05) is 5.56 Å². The molecular weight excluding hydrogens is 352 g/mol. The maximum atomic E-state index is 11.6. The van der Waals surface area contributed by atoms with Gasteiger partial charge in [-0.25, -0.2) is 0 Å². The zero-order valence-corrected chi connectivity index (χ0v) is 17.7. The number of carbonyl (C=O) groups excluding carboxylic acids is 1. The third-order valence-electron chi connectivity index (χ3n) is 5.80. The zero-order valence-electron chi connectivity index (χ0n) is 17.7. The average molecular weight is 384 g/mol. The Morgan fingerprint density at radius 2 is 1.52 bits per heavy atom. The number of hydrogen-bond donors (Lipinski definition) is 0. The van der Waals surface area contributed by atoms with Crippen LogP contribution in [0.5, 0.6) is 0 Å². The van der Waals surface area contributed by atoms with E-state index in [1.165, 1.54) is 28.7 Å². The lowest BCUT2D eigenvalue weighted by Gasteiger charge is -2.19. The molecule has 0 aliphatic heterocycles. The molecule has 0 N–H and O–H groups in total. The van der Waals surface area contributed by atoms with Crippen LogP contribution in [0.15, 0.2) is 72.8 Å². The van der Waals surface area contributed by atoms with Gasteiger partial charge in [0.05, 0.1) is 0 Å². The molecule has 0 aliphatic carbocycles. The van der Waals surface area contributed by atoms with Crippen LogP contribution in [-0.2, 0) is 24.1 Å². The van der Waals surface area contributed by atoms with E-state index in [2.05, 4.69) is 74.7 Å². The maximum absolute atomic E-state index is 11.6. The zero-order chi connectivity index (χ0) is 20.5. The summed E-state index contributed by atoms with van der Waals surface area (Å²) >= 11 is 0. The third-order valence-corrected chi connectivity index (χ3v) is 5.80. The number of hydrogen-bond acceptors (Lipinski definition) is 1.